The first-order chi connectivity index (χ1) is 10.5. The Morgan fingerprint density at radius 2 is 1.64 bits per heavy atom. The maximum absolute atomic E-state index is 12.0. The van der Waals surface area contributed by atoms with E-state index in [0.717, 1.165) is 17.5 Å². The molecule has 22 heavy (non-hydrogen) atoms. The molecule has 3 N–H and O–H groups in total. The Kier molecular flexibility index (Phi) is 4.78. The zero-order valence-electron chi connectivity index (χ0n) is 12.5. The average Bonchev–Trinajstić information content (AvgIpc) is 2.51. The van der Waals surface area contributed by atoms with E-state index in [1.54, 1.807) is 0 Å². The number of amides is 2. The number of anilines is 2. The fourth-order valence-corrected chi connectivity index (χ4v) is 2.10. The normalized spacial score (nSPS) is 10.1. The maximum atomic E-state index is 12.0. The average molecular weight is 298 g/mol. The van der Waals surface area contributed by atoms with Crippen LogP contribution in [-0.4, -0.2) is 16.9 Å². The summed E-state index contributed by atoms with van der Waals surface area (Å²) in [4.78, 5) is 24.0. The zero-order chi connectivity index (χ0) is 16.1. The molecule has 0 fully saturated rings. The van der Waals surface area contributed by atoms with Crippen molar-refractivity contribution in [2.75, 3.05) is 10.6 Å². The molecule has 0 unspecified atom stereocenters. The molecule has 0 aromatic heterocycles. The second-order valence-corrected chi connectivity index (χ2v) is 4.92. The van der Waals surface area contributed by atoms with E-state index in [-0.39, 0.29) is 5.75 Å². The highest BCUT2D eigenvalue weighted by atomic mass is 16.3. The summed E-state index contributed by atoms with van der Waals surface area (Å²) in [5, 5.41) is 14.3. The molecule has 2 rings (SSSR count). The second-order valence-electron chi connectivity index (χ2n) is 4.92. The van der Waals surface area contributed by atoms with Gasteiger partial charge in [-0.15, -0.1) is 0 Å². The molecule has 0 saturated carbocycles. The molecule has 0 atom stereocenters. The van der Waals surface area contributed by atoms with E-state index in [1.165, 1.54) is 24.3 Å². The molecule has 5 nitrogen and oxygen atoms in total. The van der Waals surface area contributed by atoms with Crippen LogP contribution in [0.2, 0.25) is 0 Å². The number of hydrogen-bond acceptors (Lipinski definition) is 3. The summed E-state index contributed by atoms with van der Waals surface area (Å²) >= 11 is 0. The third kappa shape index (κ3) is 3.63. The van der Waals surface area contributed by atoms with Gasteiger partial charge in [0.1, 0.15) is 5.75 Å². The zero-order valence-corrected chi connectivity index (χ0v) is 12.5. The smallest absolute Gasteiger partial charge is 0.314 e. The number of carbonyl (C=O) groups excluding carboxylic acids is 2. The first-order valence-corrected chi connectivity index (χ1v) is 7.01. The highest BCUT2D eigenvalue weighted by Gasteiger charge is 2.16. The number of benzene rings is 2. The van der Waals surface area contributed by atoms with E-state index in [1.807, 2.05) is 32.0 Å². The number of para-hydroxylation sites is 1. The van der Waals surface area contributed by atoms with Crippen LogP contribution in [0.25, 0.3) is 0 Å². The monoisotopic (exact) mass is 298 g/mol. The Morgan fingerprint density at radius 1 is 1.00 bits per heavy atom. The van der Waals surface area contributed by atoms with E-state index in [2.05, 4.69) is 10.6 Å². The molecule has 0 bridgehead atoms. The fourth-order valence-electron chi connectivity index (χ4n) is 2.10. The van der Waals surface area contributed by atoms with Gasteiger partial charge >= 0.3 is 11.8 Å². The minimum atomic E-state index is -0.754. The molecule has 114 valence electrons. The molecule has 0 aliphatic carbocycles. The van der Waals surface area contributed by atoms with Gasteiger partial charge in [0, 0.05) is 11.4 Å². The Morgan fingerprint density at radius 3 is 2.27 bits per heavy atom. The quantitative estimate of drug-likeness (QED) is 0.602. The van der Waals surface area contributed by atoms with Gasteiger partial charge in [-0.05, 0) is 48.7 Å². The summed E-state index contributed by atoms with van der Waals surface area (Å²) < 4.78 is 0. The summed E-state index contributed by atoms with van der Waals surface area (Å²) in [7, 11) is 0. The number of nitrogens with one attached hydrogen (secondary N) is 2. The lowest BCUT2D eigenvalue weighted by molar-refractivity contribution is -0.133. The van der Waals surface area contributed by atoms with Crippen LogP contribution >= 0.6 is 0 Å². The standard InChI is InChI=1S/C17H18N2O3/c1-3-12-6-4-5-11(2)15(12)19-17(22)16(21)18-13-7-9-14(20)10-8-13/h4-10,20H,3H2,1-2H3,(H,18,21)(H,19,22). The minimum absolute atomic E-state index is 0.0925. The van der Waals surface area contributed by atoms with Crippen LogP contribution in [0.1, 0.15) is 18.1 Å². The lowest BCUT2D eigenvalue weighted by Crippen LogP contribution is -2.29. The molecular formula is C17H18N2O3. The fraction of sp³-hybridized carbons (Fsp3) is 0.176. The molecule has 5 heteroatoms. The van der Waals surface area contributed by atoms with E-state index >= 15 is 0 Å². The second kappa shape index (κ2) is 6.76. The van der Waals surface area contributed by atoms with Crippen LogP contribution in [0, 0.1) is 6.92 Å². The van der Waals surface area contributed by atoms with Crippen molar-refractivity contribution in [1.82, 2.24) is 0 Å². The van der Waals surface area contributed by atoms with E-state index < -0.39 is 11.8 Å². The highest BCUT2D eigenvalue weighted by molar-refractivity contribution is 6.43. The number of phenols is 1. The van der Waals surface area contributed by atoms with Gasteiger partial charge in [-0.1, -0.05) is 25.1 Å². The van der Waals surface area contributed by atoms with Gasteiger partial charge in [0.25, 0.3) is 0 Å². The number of carbonyl (C=O) groups is 2. The van der Waals surface area contributed by atoms with Crippen molar-refractivity contribution in [3.63, 3.8) is 0 Å². The lowest BCUT2D eigenvalue weighted by atomic mass is 10.1. The van der Waals surface area contributed by atoms with Crippen LogP contribution in [-0.2, 0) is 16.0 Å². The summed E-state index contributed by atoms with van der Waals surface area (Å²) in [6, 6.07) is 11.6. The van der Waals surface area contributed by atoms with Crippen molar-refractivity contribution in [2.45, 2.75) is 20.3 Å². The van der Waals surface area contributed by atoms with Crippen molar-refractivity contribution in [1.29, 1.82) is 0 Å². The van der Waals surface area contributed by atoms with Gasteiger partial charge in [-0.2, -0.15) is 0 Å². The largest absolute Gasteiger partial charge is 0.508 e. The van der Waals surface area contributed by atoms with Gasteiger partial charge in [0.2, 0.25) is 0 Å². The van der Waals surface area contributed by atoms with E-state index in [0.29, 0.717) is 11.4 Å². The molecule has 0 spiro atoms. The number of hydrogen-bond donors (Lipinski definition) is 3. The summed E-state index contributed by atoms with van der Waals surface area (Å²) in [6.45, 7) is 3.87. The van der Waals surface area contributed by atoms with Crippen molar-refractivity contribution >= 4 is 23.2 Å². The Bertz CT molecular complexity index is 694. The van der Waals surface area contributed by atoms with Gasteiger partial charge < -0.3 is 15.7 Å². The summed E-state index contributed by atoms with van der Waals surface area (Å²) in [5.74, 6) is -1.39. The van der Waals surface area contributed by atoms with E-state index in [9.17, 15) is 14.7 Å². The summed E-state index contributed by atoms with van der Waals surface area (Å²) in [6.07, 6.45) is 0.761. The van der Waals surface area contributed by atoms with Gasteiger partial charge in [0.15, 0.2) is 0 Å². The number of phenolic OH excluding ortho intramolecular Hbond substituents is 1. The highest BCUT2D eigenvalue weighted by Crippen LogP contribution is 2.21. The number of aromatic hydroxyl groups is 1. The van der Waals surface area contributed by atoms with Crippen LogP contribution in [0.4, 0.5) is 11.4 Å². The molecule has 0 radical (unpaired) electrons. The topological polar surface area (TPSA) is 78.4 Å². The van der Waals surface area contributed by atoms with Crippen LogP contribution in [0.15, 0.2) is 42.5 Å². The molecule has 0 aliphatic rings. The molecule has 0 heterocycles. The first-order valence-electron chi connectivity index (χ1n) is 7.01. The van der Waals surface area contributed by atoms with Crippen molar-refractivity contribution in [3.8, 4) is 5.75 Å². The molecule has 2 aromatic rings. The Labute approximate surface area is 129 Å². The molecule has 0 saturated heterocycles. The van der Waals surface area contributed by atoms with Crippen LogP contribution < -0.4 is 10.6 Å². The van der Waals surface area contributed by atoms with Crippen LogP contribution in [0.5, 0.6) is 5.75 Å². The van der Waals surface area contributed by atoms with Gasteiger partial charge in [-0.3, -0.25) is 9.59 Å². The van der Waals surface area contributed by atoms with Gasteiger partial charge in [0.05, 0.1) is 0 Å². The third-order valence-corrected chi connectivity index (χ3v) is 3.31. The van der Waals surface area contributed by atoms with Crippen molar-refractivity contribution in [3.05, 3.63) is 53.6 Å². The predicted octanol–water partition coefficient (Wildman–Crippen LogP) is 2.84. The minimum Gasteiger partial charge on any atom is -0.508 e. The molecule has 0 aliphatic heterocycles. The molecule has 2 amide bonds. The van der Waals surface area contributed by atoms with Crippen LogP contribution in [0.3, 0.4) is 0 Å². The van der Waals surface area contributed by atoms with Crippen molar-refractivity contribution < 1.29 is 14.7 Å². The third-order valence-electron chi connectivity index (χ3n) is 3.31. The predicted molar refractivity (Wildman–Crippen MR) is 85.9 cm³/mol. The van der Waals surface area contributed by atoms with Crippen molar-refractivity contribution in [2.24, 2.45) is 0 Å². The number of aryl methyl sites for hydroxylation is 2. The summed E-state index contributed by atoms with van der Waals surface area (Å²) in [5.41, 5.74) is 3.00. The van der Waals surface area contributed by atoms with Gasteiger partial charge in [-0.25, -0.2) is 0 Å². The maximum Gasteiger partial charge on any atom is 0.314 e. The van der Waals surface area contributed by atoms with E-state index in [4.69, 9.17) is 0 Å². The molecular weight excluding hydrogens is 280 g/mol. The SMILES string of the molecule is CCc1cccc(C)c1NC(=O)C(=O)Nc1ccc(O)cc1. The Balaban J connectivity index is 2.09. The lowest BCUT2D eigenvalue weighted by Gasteiger charge is -2.12. The first kappa shape index (κ1) is 15.6. The number of rotatable bonds is 3. The Hall–Kier alpha value is -2.82. The molecule has 2 aromatic carbocycles.